The standard InChI is InChI=1S/C15H24O2/c1-5-8-9-10-11-15(17-13-7-3)14(4)16-12-6-2/h6-7,14-15H,2-3,5,8-9,12-13H2,1,4H3/t14-,15+/m0/s1. The molecule has 0 radical (unpaired) electrons. The Morgan fingerprint density at radius 3 is 2.41 bits per heavy atom. The van der Waals surface area contributed by atoms with Crippen LogP contribution in [0.4, 0.5) is 0 Å². The highest BCUT2D eigenvalue weighted by molar-refractivity contribution is 5.07. The molecule has 2 atom stereocenters. The van der Waals surface area contributed by atoms with E-state index in [4.69, 9.17) is 9.47 Å². The summed E-state index contributed by atoms with van der Waals surface area (Å²) in [6.07, 6.45) is 6.41. The molecule has 0 aromatic heterocycles. The Morgan fingerprint density at radius 2 is 1.82 bits per heavy atom. The zero-order chi connectivity index (χ0) is 12.9. The van der Waals surface area contributed by atoms with Crippen molar-refractivity contribution in [2.75, 3.05) is 13.2 Å². The van der Waals surface area contributed by atoms with E-state index in [-0.39, 0.29) is 12.2 Å². The summed E-state index contributed by atoms with van der Waals surface area (Å²) >= 11 is 0. The van der Waals surface area contributed by atoms with Crippen LogP contribution < -0.4 is 0 Å². The summed E-state index contributed by atoms with van der Waals surface area (Å²) in [5.74, 6) is 6.26. The largest absolute Gasteiger partial charge is 0.371 e. The Kier molecular flexibility index (Phi) is 10.7. The van der Waals surface area contributed by atoms with Crippen molar-refractivity contribution in [1.29, 1.82) is 0 Å². The van der Waals surface area contributed by atoms with Gasteiger partial charge in [-0.05, 0) is 13.3 Å². The Bertz CT molecular complexity index is 260. The molecule has 0 N–H and O–H groups in total. The average molecular weight is 236 g/mol. The van der Waals surface area contributed by atoms with Crippen LogP contribution in [0.15, 0.2) is 25.3 Å². The fraction of sp³-hybridized carbons (Fsp3) is 0.600. The van der Waals surface area contributed by atoms with Gasteiger partial charge in [-0.2, -0.15) is 0 Å². The van der Waals surface area contributed by atoms with E-state index >= 15 is 0 Å². The fourth-order valence-corrected chi connectivity index (χ4v) is 1.21. The van der Waals surface area contributed by atoms with Crippen LogP contribution in [-0.4, -0.2) is 25.4 Å². The van der Waals surface area contributed by atoms with Gasteiger partial charge in [0.2, 0.25) is 0 Å². The van der Waals surface area contributed by atoms with Gasteiger partial charge in [0.1, 0.15) is 6.10 Å². The predicted octanol–water partition coefficient (Wildman–Crippen LogP) is 3.34. The highest BCUT2D eigenvalue weighted by Crippen LogP contribution is 2.04. The Labute approximate surface area is 106 Å². The molecule has 0 fully saturated rings. The van der Waals surface area contributed by atoms with Gasteiger partial charge in [-0.1, -0.05) is 31.4 Å². The van der Waals surface area contributed by atoms with Crippen molar-refractivity contribution in [1.82, 2.24) is 0 Å². The zero-order valence-electron chi connectivity index (χ0n) is 11.1. The molecule has 0 bridgehead atoms. The molecule has 0 unspecified atom stereocenters. The van der Waals surface area contributed by atoms with Crippen molar-refractivity contribution in [2.45, 2.75) is 45.3 Å². The van der Waals surface area contributed by atoms with E-state index in [2.05, 4.69) is 31.9 Å². The molecule has 0 spiro atoms. The summed E-state index contributed by atoms with van der Waals surface area (Å²) in [6, 6.07) is 0. The first-order valence-corrected chi connectivity index (χ1v) is 6.19. The number of rotatable bonds is 9. The molecule has 0 aromatic carbocycles. The first-order chi connectivity index (χ1) is 8.26. The fourth-order valence-electron chi connectivity index (χ4n) is 1.21. The van der Waals surface area contributed by atoms with Gasteiger partial charge < -0.3 is 9.47 Å². The predicted molar refractivity (Wildman–Crippen MR) is 72.8 cm³/mol. The smallest absolute Gasteiger partial charge is 0.144 e. The minimum Gasteiger partial charge on any atom is -0.371 e. The molecule has 0 rings (SSSR count). The van der Waals surface area contributed by atoms with Gasteiger partial charge in [-0.3, -0.25) is 0 Å². The molecule has 17 heavy (non-hydrogen) atoms. The van der Waals surface area contributed by atoms with Crippen molar-refractivity contribution >= 4 is 0 Å². The SMILES string of the molecule is C=CCO[C@@H](C)[C@@H](C#CCCCC)OCC=C. The van der Waals surface area contributed by atoms with Gasteiger partial charge >= 0.3 is 0 Å². The van der Waals surface area contributed by atoms with Gasteiger partial charge in [0.05, 0.1) is 19.3 Å². The van der Waals surface area contributed by atoms with Crippen molar-refractivity contribution in [3.63, 3.8) is 0 Å². The topological polar surface area (TPSA) is 18.5 Å². The molecular formula is C15H24O2. The molecule has 2 nitrogen and oxygen atoms in total. The molecule has 0 aromatic rings. The second kappa shape index (κ2) is 11.4. The molecule has 0 saturated carbocycles. The van der Waals surface area contributed by atoms with Crippen LogP contribution in [-0.2, 0) is 9.47 Å². The van der Waals surface area contributed by atoms with Crippen LogP contribution in [0.3, 0.4) is 0 Å². The number of ether oxygens (including phenoxy) is 2. The average Bonchev–Trinajstić information content (AvgIpc) is 2.35. The van der Waals surface area contributed by atoms with E-state index in [1.54, 1.807) is 12.2 Å². The molecular weight excluding hydrogens is 212 g/mol. The minimum atomic E-state index is -0.190. The lowest BCUT2D eigenvalue weighted by atomic mass is 10.2. The molecule has 96 valence electrons. The maximum Gasteiger partial charge on any atom is 0.144 e. The minimum absolute atomic E-state index is 0.0536. The van der Waals surface area contributed by atoms with E-state index < -0.39 is 0 Å². The van der Waals surface area contributed by atoms with Crippen molar-refractivity contribution in [2.24, 2.45) is 0 Å². The second-order valence-electron chi connectivity index (χ2n) is 3.79. The summed E-state index contributed by atoms with van der Waals surface area (Å²) in [6.45, 7) is 12.4. The number of unbranched alkanes of at least 4 members (excludes halogenated alkanes) is 2. The molecule has 0 amide bonds. The normalized spacial score (nSPS) is 13.3. The van der Waals surface area contributed by atoms with Crippen molar-refractivity contribution < 1.29 is 9.47 Å². The summed E-state index contributed by atoms with van der Waals surface area (Å²) < 4.78 is 11.1. The molecule has 0 saturated heterocycles. The highest BCUT2D eigenvalue weighted by Gasteiger charge is 2.14. The monoisotopic (exact) mass is 236 g/mol. The second-order valence-corrected chi connectivity index (χ2v) is 3.79. The lowest BCUT2D eigenvalue weighted by Gasteiger charge is -2.18. The lowest BCUT2D eigenvalue weighted by Crippen LogP contribution is -2.28. The van der Waals surface area contributed by atoms with Gasteiger partial charge in [-0.25, -0.2) is 0 Å². The van der Waals surface area contributed by atoms with E-state index in [0.717, 1.165) is 19.3 Å². The van der Waals surface area contributed by atoms with Crippen LogP contribution in [0.2, 0.25) is 0 Å². The Balaban J connectivity index is 4.22. The third-order valence-corrected chi connectivity index (χ3v) is 2.20. The first-order valence-electron chi connectivity index (χ1n) is 6.19. The van der Waals surface area contributed by atoms with Crippen LogP contribution in [0.5, 0.6) is 0 Å². The number of hydrogen-bond donors (Lipinski definition) is 0. The maximum absolute atomic E-state index is 5.58. The van der Waals surface area contributed by atoms with E-state index in [1.165, 1.54) is 0 Å². The van der Waals surface area contributed by atoms with Gasteiger partial charge in [0, 0.05) is 6.42 Å². The Hall–Kier alpha value is -1.04. The van der Waals surface area contributed by atoms with Crippen LogP contribution in [0.1, 0.15) is 33.1 Å². The third-order valence-electron chi connectivity index (χ3n) is 2.20. The summed E-state index contributed by atoms with van der Waals surface area (Å²) in [4.78, 5) is 0. The highest BCUT2D eigenvalue weighted by atomic mass is 16.5. The molecule has 0 aliphatic carbocycles. The summed E-state index contributed by atoms with van der Waals surface area (Å²) in [5, 5.41) is 0. The maximum atomic E-state index is 5.58. The van der Waals surface area contributed by atoms with Crippen molar-refractivity contribution in [3.8, 4) is 11.8 Å². The Morgan fingerprint density at radius 1 is 1.18 bits per heavy atom. The summed E-state index contributed by atoms with van der Waals surface area (Å²) in [5.41, 5.74) is 0. The van der Waals surface area contributed by atoms with Gasteiger partial charge in [0.25, 0.3) is 0 Å². The molecule has 0 aliphatic heterocycles. The summed E-state index contributed by atoms with van der Waals surface area (Å²) in [7, 11) is 0. The molecule has 2 heteroatoms. The van der Waals surface area contributed by atoms with Gasteiger partial charge in [0.15, 0.2) is 0 Å². The lowest BCUT2D eigenvalue weighted by molar-refractivity contribution is -0.0209. The van der Waals surface area contributed by atoms with E-state index in [9.17, 15) is 0 Å². The van der Waals surface area contributed by atoms with Crippen LogP contribution >= 0.6 is 0 Å². The molecule has 0 aliphatic rings. The third kappa shape index (κ3) is 8.74. The van der Waals surface area contributed by atoms with Crippen LogP contribution in [0.25, 0.3) is 0 Å². The first kappa shape index (κ1) is 16.0. The molecule has 0 heterocycles. The van der Waals surface area contributed by atoms with Crippen molar-refractivity contribution in [3.05, 3.63) is 25.3 Å². The van der Waals surface area contributed by atoms with E-state index in [1.807, 2.05) is 6.92 Å². The van der Waals surface area contributed by atoms with E-state index in [0.29, 0.717) is 13.2 Å². The van der Waals surface area contributed by atoms with Crippen LogP contribution in [0, 0.1) is 11.8 Å². The zero-order valence-corrected chi connectivity index (χ0v) is 11.1. The van der Waals surface area contributed by atoms with Gasteiger partial charge in [-0.15, -0.1) is 19.1 Å². The number of hydrogen-bond acceptors (Lipinski definition) is 2. The quantitative estimate of drug-likeness (QED) is 0.347.